The van der Waals surface area contributed by atoms with Gasteiger partial charge in [0.25, 0.3) is 5.69 Å². The van der Waals surface area contributed by atoms with E-state index in [9.17, 15) is 10.1 Å². The first-order valence-corrected chi connectivity index (χ1v) is 11.5. The summed E-state index contributed by atoms with van der Waals surface area (Å²) in [6.07, 6.45) is 0. The van der Waals surface area contributed by atoms with E-state index in [0.717, 1.165) is 11.4 Å². The predicted octanol–water partition coefficient (Wildman–Crippen LogP) is 9.57. The van der Waals surface area contributed by atoms with Gasteiger partial charge in [-0.15, -0.1) is 0 Å². The Kier molecular flexibility index (Phi) is 15.6. The number of benzene rings is 3. The topological polar surface area (TPSA) is 95.8 Å². The zero-order chi connectivity index (χ0) is 25.9. The van der Waals surface area contributed by atoms with Gasteiger partial charge in [0.1, 0.15) is 0 Å². The molecule has 0 radical (unpaired) electrons. The summed E-state index contributed by atoms with van der Waals surface area (Å²) in [5.41, 5.74) is 3.77. The minimum atomic E-state index is -0.454. The van der Waals surface area contributed by atoms with Gasteiger partial charge in [0.15, 0.2) is 0 Å². The van der Waals surface area contributed by atoms with Crippen molar-refractivity contribution in [1.82, 2.24) is 0 Å². The molecule has 182 valence electrons. The molecule has 0 fully saturated rings. The quantitative estimate of drug-likeness (QED) is 0.206. The number of nitro groups is 1. The first kappa shape index (κ1) is 30.1. The SMILES string of the molecule is CC.CC.CC.CN(C)c1ccc(N=Nc2ccc(N=Nc3ccc([N+](=O)[O-])cc3)cc2)cc1. The Morgan fingerprint density at radius 3 is 1.09 bits per heavy atom. The Morgan fingerprint density at radius 1 is 0.559 bits per heavy atom. The summed E-state index contributed by atoms with van der Waals surface area (Å²) in [6.45, 7) is 12.0. The van der Waals surface area contributed by atoms with E-state index < -0.39 is 4.92 Å². The maximum absolute atomic E-state index is 10.6. The molecule has 0 N–H and O–H groups in total. The van der Waals surface area contributed by atoms with E-state index in [4.69, 9.17) is 0 Å². The zero-order valence-electron chi connectivity index (χ0n) is 21.4. The minimum Gasteiger partial charge on any atom is -0.378 e. The molecule has 0 bridgehead atoms. The van der Waals surface area contributed by atoms with Crippen molar-refractivity contribution < 1.29 is 4.92 Å². The second-order valence-corrected chi connectivity index (χ2v) is 6.10. The Morgan fingerprint density at radius 2 is 0.824 bits per heavy atom. The molecule has 3 aromatic rings. The van der Waals surface area contributed by atoms with Crippen molar-refractivity contribution in [3.63, 3.8) is 0 Å². The van der Waals surface area contributed by atoms with Crippen molar-refractivity contribution in [2.45, 2.75) is 41.5 Å². The molecule has 8 heteroatoms. The van der Waals surface area contributed by atoms with Gasteiger partial charge in [-0.2, -0.15) is 20.5 Å². The maximum atomic E-state index is 10.6. The fourth-order valence-corrected chi connectivity index (χ4v) is 2.28. The van der Waals surface area contributed by atoms with Crippen LogP contribution in [0, 0.1) is 10.1 Å². The third-order valence-corrected chi connectivity index (χ3v) is 3.84. The number of azo groups is 2. The lowest BCUT2D eigenvalue weighted by molar-refractivity contribution is -0.384. The van der Waals surface area contributed by atoms with Crippen LogP contribution in [0.1, 0.15) is 41.5 Å². The lowest BCUT2D eigenvalue weighted by atomic mass is 10.3. The molecule has 0 aliphatic heterocycles. The number of nitrogens with zero attached hydrogens (tertiary/aromatic N) is 6. The van der Waals surface area contributed by atoms with Crippen molar-refractivity contribution in [2.24, 2.45) is 20.5 Å². The molecule has 0 aromatic heterocycles. The number of hydrogen-bond donors (Lipinski definition) is 0. The summed E-state index contributed by atoms with van der Waals surface area (Å²) in [7, 11) is 3.97. The highest BCUT2D eigenvalue weighted by Gasteiger charge is 2.03. The van der Waals surface area contributed by atoms with Crippen LogP contribution in [0.15, 0.2) is 93.3 Å². The van der Waals surface area contributed by atoms with E-state index in [2.05, 4.69) is 20.5 Å². The summed E-state index contributed by atoms with van der Waals surface area (Å²) < 4.78 is 0. The van der Waals surface area contributed by atoms with Gasteiger partial charge in [0.05, 0.1) is 27.7 Å². The second-order valence-electron chi connectivity index (χ2n) is 6.10. The summed E-state index contributed by atoms with van der Waals surface area (Å²) in [4.78, 5) is 12.2. The van der Waals surface area contributed by atoms with Gasteiger partial charge in [-0.25, -0.2) is 0 Å². The lowest BCUT2D eigenvalue weighted by Gasteiger charge is -2.11. The number of rotatable bonds is 6. The second kappa shape index (κ2) is 17.6. The van der Waals surface area contributed by atoms with Crippen LogP contribution in [0.5, 0.6) is 0 Å². The van der Waals surface area contributed by atoms with Gasteiger partial charge in [-0.3, -0.25) is 10.1 Å². The van der Waals surface area contributed by atoms with E-state index in [0.29, 0.717) is 17.1 Å². The van der Waals surface area contributed by atoms with Crippen molar-refractivity contribution >= 4 is 34.1 Å². The van der Waals surface area contributed by atoms with Crippen LogP contribution < -0.4 is 4.90 Å². The Balaban J connectivity index is 0.00000168. The molecule has 0 atom stereocenters. The molecule has 0 amide bonds. The van der Waals surface area contributed by atoms with E-state index in [-0.39, 0.29) is 5.69 Å². The zero-order valence-corrected chi connectivity index (χ0v) is 21.4. The number of nitro benzene ring substituents is 1. The molecule has 0 aliphatic carbocycles. The molecule has 0 saturated carbocycles. The highest BCUT2D eigenvalue weighted by atomic mass is 16.6. The Labute approximate surface area is 203 Å². The highest BCUT2D eigenvalue weighted by molar-refractivity contribution is 5.52. The van der Waals surface area contributed by atoms with E-state index in [1.165, 1.54) is 12.1 Å². The first-order chi connectivity index (χ1) is 16.5. The molecule has 0 aliphatic rings. The van der Waals surface area contributed by atoms with Gasteiger partial charge < -0.3 is 4.90 Å². The fraction of sp³-hybridized carbons (Fsp3) is 0.308. The standard InChI is InChI=1S/C20H18N6O2.3C2H6/c1-25(2)19-11-7-17(8-12-19)23-21-15-3-5-16(6-4-15)22-24-18-9-13-20(14-10-18)26(27)28;3*1-2/h3-14H,1-2H3;3*1-2H3. The van der Waals surface area contributed by atoms with E-state index in [1.807, 2.05) is 84.8 Å². The van der Waals surface area contributed by atoms with Crippen LogP contribution >= 0.6 is 0 Å². The van der Waals surface area contributed by atoms with Gasteiger partial charge in [-0.1, -0.05) is 41.5 Å². The molecule has 3 aromatic carbocycles. The van der Waals surface area contributed by atoms with Crippen molar-refractivity contribution in [2.75, 3.05) is 19.0 Å². The van der Waals surface area contributed by atoms with Crippen LogP contribution in [0.2, 0.25) is 0 Å². The number of non-ortho nitro benzene ring substituents is 1. The van der Waals surface area contributed by atoms with Crippen molar-refractivity contribution in [3.8, 4) is 0 Å². The molecule has 8 nitrogen and oxygen atoms in total. The molecule has 0 unspecified atom stereocenters. The first-order valence-electron chi connectivity index (χ1n) is 11.5. The summed E-state index contributed by atoms with van der Waals surface area (Å²) >= 11 is 0. The molecule has 3 rings (SSSR count). The predicted molar refractivity (Wildman–Crippen MR) is 143 cm³/mol. The van der Waals surface area contributed by atoms with Crippen LogP contribution in [-0.2, 0) is 0 Å². The van der Waals surface area contributed by atoms with E-state index in [1.54, 1.807) is 36.4 Å². The van der Waals surface area contributed by atoms with Crippen LogP contribution in [0.3, 0.4) is 0 Å². The van der Waals surface area contributed by atoms with Crippen molar-refractivity contribution in [1.29, 1.82) is 0 Å². The third kappa shape index (κ3) is 10.6. The summed E-state index contributed by atoms with van der Waals surface area (Å²) in [5, 5.41) is 27.3. The summed E-state index contributed by atoms with van der Waals surface area (Å²) in [6, 6.07) is 20.8. The average molecular weight is 465 g/mol. The van der Waals surface area contributed by atoms with Gasteiger partial charge in [-0.05, 0) is 60.7 Å². The van der Waals surface area contributed by atoms with Crippen molar-refractivity contribution in [3.05, 3.63) is 82.9 Å². The minimum absolute atomic E-state index is 0.0185. The van der Waals surface area contributed by atoms with E-state index >= 15 is 0 Å². The maximum Gasteiger partial charge on any atom is 0.269 e. The van der Waals surface area contributed by atoms with Crippen LogP contribution in [-0.4, -0.2) is 19.0 Å². The van der Waals surface area contributed by atoms with Gasteiger partial charge >= 0.3 is 0 Å². The highest BCUT2D eigenvalue weighted by Crippen LogP contribution is 2.25. The normalized spacial score (nSPS) is 9.76. The average Bonchev–Trinajstić information content (AvgIpc) is 2.91. The third-order valence-electron chi connectivity index (χ3n) is 3.84. The molecular formula is C26H36N6O2. The lowest BCUT2D eigenvalue weighted by Crippen LogP contribution is -2.07. The number of hydrogen-bond acceptors (Lipinski definition) is 7. The monoisotopic (exact) mass is 464 g/mol. The smallest absolute Gasteiger partial charge is 0.269 e. The number of anilines is 1. The molecule has 0 saturated heterocycles. The molecular weight excluding hydrogens is 428 g/mol. The Bertz CT molecular complexity index is 997. The van der Waals surface area contributed by atoms with Gasteiger partial charge in [0.2, 0.25) is 0 Å². The molecule has 0 heterocycles. The fourth-order valence-electron chi connectivity index (χ4n) is 2.28. The largest absolute Gasteiger partial charge is 0.378 e. The molecule has 34 heavy (non-hydrogen) atoms. The Hall–Kier alpha value is -3.94. The van der Waals surface area contributed by atoms with Crippen LogP contribution in [0.25, 0.3) is 0 Å². The van der Waals surface area contributed by atoms with Crippen LogP contribution in [0.4, 0.5) is 34.1 Å². The van der Waals surface area contributed by atoms with Gasteiger partial charge in [0, 0.05) is 31.9 Å². The molecule has 0 spiro atoms. The summed E-state index contributed by atoms with van der Waals surface area (Å²) in [5.74, 6) is 0.